The van der Waals surface area contributed by atoms with Crippen LogP contribution in [0.4, 0.5) is 0 Å². The lowest BCUT2D eigenvalue weighted by atomic mass is 9.86. The number of amides is 2. The maximum Gasteiger partial charge on any atom is 0.254 e. The van der Waals surface area contributed by atoms with Crippen molar-refractivity contribution in [1.29, 1.82) is 0 Å². The van der Waals surface area contributed by atoms with Crippen LogP contribution < -0.4 is 0 Å². The standard InChI is InChI=1S/C19H28N4O2/c1-4-16-13-15(6-9-20-16)18(25)23-12-11-22(3)19(14-23)7-5-17(24)21(2)10-8-19/h6,9,13H,4-5,7-8,10-12,14H2,1-3H3/t19-/m1/s1. The van der Waals surface area contributed by atoms with Crippen molar-refractivity contribution in [3.05, 3.63) is 29.6 Å². The van der Waals surface area contributed by atoms with Crippen molar-refractivity contribution in [2.24, 2.45) is 0 Å². The molecule has 6 nitrogen and oxygen atoms in total. The Morgan fingerprint density at radius 3 is 2.80 bits per heavy atom. The molecular formula is C19H28N4O2. The van der Waals surface area contributed by atoms with E-state index in [1.807, 2.05) is 29.8 Å². The van der Waals surface area contributed by atoms with Crippen molar-refractivity contribution in [2.45, 2.75) is 38.1 Å². The SMILES string of the molecule is CCc1cc(C(=O)N2CCN(C)[C@@]3(CCC(=O)N(C)CC3)C2)ccn1. The first-order valence-corrected chi connectivity index (χ1v) is 9.14. The highest BCUT2D eigenvalue weighted by Gasteiger charge is 2.43. The van der Waals surface area contributed by atoms with E-state index in [1.165, 1.54) is 0 Å². The molecule has 0 unspecified atom stereocenters. The van der Waals surface area contributed by atoms with Crippen molar-refractivity contribution in [1.82, 2.24) is 19.7 Å². The fourth-order valence-electron chi connectivity index (χ4n) is 3.92. The van der Waals surface area contributed by atoms with Crippen LogP contribution >= 0.6 is 0 Å². The molecule has 0 aliphatic carbocycles. The molecular weight excluding hydrogens is 316 g/mol. The smallest absolute Gasteiger partial charge is 0.254 e. The molecule has 2 amide bonds. The molecule has 1 aromatic rings. The second-order valence-electron chi connectivity index (χ2n) is 7.33. The summed E-state index contributed by atoms with van der Waals surface area (Å²) < 4.78 is 0. The molecule has 0 aromatic carbocycles. The summed E-state index contributed by atoms with van der Waals surface area (Å²) in [5.41, 5.74) is 1.55. The topological polar surface area (TPSA) is 56.8 Å². The Bertz CT molecular complexity index is 663. The van der Waals surface area contributed by atoms with Gasteiger partial charge >= 0.3 is 0 Å². The highest BCUT2D eigenvalue weighted by atomic mass is 16.2. The Morgan fingerprint density at radius 2 is 2.04 bits per heavy atom. The van der Waals surface area contributed by atoms with Crippen molar-refractivity contribution in [3.63, 3.8) is 0 Å². The van der Waals surface area contributed by atoms with Gasteiger partial charge in [-0.15, -0.1) is 0 Å². The Labute approximate surface area is 149 Å². The molecule has 2 fully saturated rings. The molecule has 0 radical (unpaired) electrons. The van der Waals surface area contributed by atoms with Gasteiger partial charge in [0.2, 0.25) is 5.91 Å². The van der Waals surface area contributed by atoms with E-state index in [0.717, 1.165) is 44.6 Å². The van der Waals surface area contributed by atoms with Gasteiger partial charge in [-0.2, -0.15) is 0 Å². The third kappa shape index (κ3) is 3.54. The van der Waals surface area contributed by atoms with Gasteiger partial charge in [0, 0.05) is 62.6 Å². The highest BCUT2D eigenvalue weighted by molar-refractivity contribution is 5.94. The number of likely N-dealkylation sites (N-methyl/N-ethyl adjacent to an activating group) is 1. The van der Waals surface area contributed by atoms with Gasteiger partial charge in [0.15, 0.2) is 0 Å². The predicted octanol–water partition coefficient (Wildman–Crippen LogP) is 1.41. The molecule has 25 heavy (non-hydrogen) atoms. The number of hydrogen-bond acceptors (Lipinski definition) is 4. The lowest BCUT2D eigenvalue weighted by molar-refractivity contribution is -0.129. The molecule has 3 heterocycles. The van der Waals surface area contributed by atoms with Crippen LogP contribution in [-0.4, -0.2) is 77.3 Å². The Hall–Kier alpha value is -1.95. The van der Waals surface area contributed by atoms with Crippen LogP contribution in [-0.2, 0) is 11.2 Å². The van der Waals surface area contributed by atoms with E-state index in [-0.39, 0.29) is 17.4 Å². The van der Waals surface area contributed by atoms with Gasteiger partial charge < -0.3 is 9.80 Å². The van der Waals surface area contributed by atoms with Crippen LogP contribution in [0.15, 0.2) is 18.3 Å². The summed E-state index contributed by atoms with van der Waals surface area (Å²) in [5.74, 6) is 0.281. The summed E-state index contributed by atoms with van der Waals surface area (Å²) in [6.45, 7) is 5.05. The number of likely N-dealkylation sites (tertiary alicyclic amines) is 1. The molecule has 0 bridgehead atoms. The van der Waals surface area contributed by atoms with E-state index in [0.29, 0.717) is 18.5 Å². The van der Waals surface area contributed by atoms with Crippen LogP contribution in [0.2, 0.25) is 0 Å². The molecule has 2 saturated heterocycles. The summed E-state index contributed by atoms with van der Waals surface area (Å²) in [7, 11) is 4.00. The third-order valence-corrected chi connectivity index (χ3v) is 5.86. The summed E-state index contributed by atoms with van der Waals surface area (Å²) in [4.78, 5) is 35.5. The number of hydrogen-bond donors (Lipinski definition) is 0. The number of aromatic nitrogens is 1. The van der Waals surface area contributed by atoms with E-state index in [1.54, 1.807) is 12.3 Å². The fourth-order valence-corrected chi connectivity index (χ4v) is 3.92. The number of piperazine rings is 1. The maximum absolute atomic E-state index is 13.0. The molecule has 136 valence electrons. The number of carbonyl (C=O) groups excluding carboxylic acids is 2. The predicted molar refractivity (Wildman–Crippen MR) is 96.4 cm³/mol. The molecule has 2 aliphatic rings. The van der Waals surface area contributed by atoms with Crippen LogP contribution in [0.5, 0.6) is 0 Å². The average molecular weight is 344 g/mol. The minimum absolute atomic E-state index is 0.0773. The van der Waals surface area contributed by atoms with Crippen LogP contribution in [0, 0.1) is 0 Å². The van der Waals surface area contributed by atoms with Crippen LogP contribution in [0.1, 0.15) is 42.2 Å². The molecule has 6 heteroatoms. The van der Waals surface area contributed by atoms with Gasteiger partial charge in [0.05, 0.1) is 0 Å². The summed E-state index contributed by atoms with van der Waals surface area (Å²) in [6.07, 6.45) is 4.82. The minimum atomic E-state index is -0.102. The minimum Gasteiger partial charge on any atom is -0.346 e. The van der Waals surface area contributed by atoms with E-state index < -0.39 is 0 Å². The number of nitrogens with zero attached hydrogens (tertiary/aromatic N) is 4. The molecule has 1 aromatic heterocycles. The lowest BCUT2D eigenvalue weighted by Crippen LogP contribution is -2.62. The zero-order valence-corrected chi connectivity index (χ0v) is 15.5. The third-order valence-electron chi connectivity index (χ3n) is 5.86. The largest absolute Gasteiger partial charge is 0.346 e. The monoisotopic (exact) mass is 344 g/mol. The number of carbonyl (C=O) groups is 2. The van der Waals surface area contributed by atoms with Gasteiger partial charge in [-0.05, 0) is 38.4 Å². The Balaban J connectivity index is 1.80. The number of pyridine rings is 1. The maximum atomic E-state index is 13.0. The average Bonchev–Trinajstić information content (AvgIpc) is 2.78. The first kappa shape index (κ1) is 17.9. The van der Waals surface area contributed by atoms with Crippen LogP contribution in [0.3, 0.4) is 0 Å². The summed E-state index contributed by atoms with van der Waals surface area (Å²) in [5, 5.41) is 0. The lowest BCUT2D eigenvalue weighted by Gasteiger charge is -2.49. The summed E-state index contributed by atoms with van der Waals surface area (Å²) in [6, 6.07) is 3.70. The molecule has 1 spiro atoms. The molecule has 3 rings (SSSR count). The molecule has 2 aliphatic heterocycles. The molecule has 1 atom stereocenters. The van der Waals surface area contributed by atoms with E-state index >= 15 is 0 Å². The van der Waals surface area contributed by atoms with Gasteiger partial charge in [-0.25, -0.2) is 0 Å². The highest BCUT2D eigenvalue weighted by Crippen LogP contribution is 2.32. The normalized spacial score (nSPS) is 25.3. The second kappa shape index (κ2) is 7.12. The Kier molecular flexibility index (Phi) is 5.08. The van der Waals surface area contributed by atoms with Gasteiger partial charge in [-0.3, -0.25) is 19.5 Å². The zero-order valence-electron chi connectivity index (χ0n) is 15.5. The number of rotatable bonds is 2. The summed E-state index contributed by atoms with van der Waals surface area (Å²) >= 11 is 0. The quantitative estimate of drug-likeness (QED) is 0.814. The van der Waals surface area contributed by atoms with Crippen LogP contribution in [0.25, 0.3) is 0 Å². The van der Waals surface area contributed by atoms with E-state index in [9.17, 15) is 9.59 Å². The van der Waals surface area contributed by atoms with Crippen molar-refractivity contribution in [2.75, 3.05) is 40.3 Å². The Morgan fingerprint density at radius 1 is 1.24 bits per heavy atom. The van der Waals surface area contributed by atoms with E-state index in [4.69, 9.17) is 0 Å². The van der Waals surface area contributed by atoms with Crippen molar-refractivity contribution in [3.8, 4) is 0 Å². The number of aryl methyl sites for hydroxylation is 1. The molecule has 0 saturated carbocycles. The first-order chi connectivity index (χ1) is 11.9. The van der Waals surface area contributed by atoms with Crippen molar-refractivity contribution >= 4 is 11.8 Å². The fraction of sp³-hybridized carbons (Fsp3) is 0.632. The van der Waals surface area contributed by atoms with Crippen molar-refractivity contribution < 1.29 is 9.59 Å². The van der Waals surface area contributed by atoms with Gasteiger partial charge in [0.25, 0.3) is 5.91 Å². The first-order valence-electron chi connectivity index (χ1n) is 9.14. The second-order valence-corrected chi connectivity index (χ2v) is 7.33. The van der Waals surface area contributed by atoms with Gasteiger partial charge in [0.1, 0.15) is 0 Å². The van der Waals surface area contributed by atoms with Gasteiger partial charge in [-0.1, -0.05) is 6.92 Å². The molecule has 0 N–H and O–H groups in total. The zero-order chi connectivity index (χ0) is 18.0. The van der Waals surface area contributed by atoms with E-state index in [2.05, 4.69) is 16.9 Å².